The molecule has 2 aromatic carbocycles. The van der Waals surface area contributed by atoms with Crippen molar-refractivity contribution in [2.75, 3.05) is 19.6 Å². The Labute approximate surface area is 156 Å². The Morgan fingerprint density at radius 3 is 2.42 bits per heavy atom. The second kappa shape index (κ2) is 8.86. The minimum atomic E-state index is -0.613. The number of nitrogens with zero attached hydrogens (tertiary/aromatic N) is 1. The Kier molecular flexibility index (Phi) is 6.29. The molecule has 0 aromatic heterocycles. The average molecular weight is 352 g/mol. The summed E-state index contributed by atoms with van der Waals surface area (Å²) in [6.45, 7) is 4.30. The Balaban J connectivity index is 1.83. The van der Waals surface area contributed by atoms with Crippen LogP contribution in [0.4, 0.5) is 0 Å². The summed E-state index contributed by atoms with van der Waals surface area (Å²) in [6, 6.07) is 17.7. The fourth-order valence-corrected chi connectivity index (χ4v) is 3.48. The van der Waals surface area contributed by atoms with Gasteiger partial charge in [-0.1, -0.05) is 55.5 Å². The van der Waals surface area contributed by atoms with Gasteiger partial charge in [0.25, 0.3) is 5.91 Å². The molecular weight excluding hydrogens is 324 g/mol. The summed E-state index contributed by atoms with van der Waals surface area (Å²) in [4.78, 5) is 15.2. The second-order valence-electron chi connectivity index (χ2n) is 6.87. The predicted octanol–water partition coefficient (Wildman–Crippen LogP) is 3.57. The number of benzene rings is 2. The van der Waals surface area contributed by atoms with Crippen LogP contribution in [0.1, 0.15) is 37.0 Å². The molecule has 1 heterocycles. The third-order valence-electron chi connectivity index (χ3n) is 5.18. The van der Waals surface area contributed by atoms with E-state index in [4.69, 9.17) is 10.5 Å². The van der Waals surface area contributed by atoms with Gasteiger partial charge in [-0.15, -0.1) is 0 Å². The number of carbonyl (C=O) groups is 1. The molecule has 1 aliphatic rings. The fraction of sp³-hybridized carbons (Fsp3) is 0.409. The Hall–Kier alpha value is -2.33. The Morgan fingerprint density at radius 1 is 1.12 bits per heavy atom. The molecule has 1 atom stereocenters. The van der Waals surface area contributed by atoms with Crippen LogP contribution in [-0.2, 0) is 11.2 Å². The van der Waals surface area contributed by atoms with E-state index < -0.39 is 6.10 Å². The predicted molar refractivity (Wildman–Crippen MR) is 104 cm³/mol. The van der Waals surface area contributed by atoms with E-state index in [1.54, 1.807) is 0 Å². The number of ether oxygens (including phenoxy) is 1. The number of hydrogen-bond acceptors (Lipinski definition) is 3. The van der Waals surface area contributed by atoms with Gasteiger partial charge >= 0.3 is 0 Å². The molecule has 3 rings (SSSR count). The molecule has 0 radical (unpaired) electrons. The summed E-state index contributed by atoms with van der Waals surface area (Å²) >= 11 is 0. The molecular formula is C22H28N2O2. The Bertz CT molecular complexity index is 709. The first-order valence-corrected chi connectivity index (χ1v) is 9.51. The molecule has 1 amide bonds. The lowest BCUT2D eigenvalue weighted by atomic mass is 9.96. The first-order chi connectivity index (χ1) is 12.7. The lowest BCUT2D eigenvalue weighted by Crippen LogP contribution is -2.43. The number of nitrogens with two attached hydrogens (primary N) is 1. The zero-order chi connectivity index (χ0) is 18.4. The van der Waals surface area contributed by atoms with Gasteiger partial charge in [0.05, 0.1) is 0 Å². The van der Waals surface area contributed by atoms with Crippen molar-refractivity contribution in [2.24, 2.45) is 11.7 Å². The molecule has 0 spiro atoms. The number of piperidine rings is 1. The van der Waals surface area contributed by atoms with Gasteiger partial charge in [0.15, 0.2) is 0 Å². The number of hydrogen-bond donors (Lipinski definition) is 1. The summed E-state index contributed by atoms with van der Waals surface area (Å²) in [6.07, 6.45) is 2.19. The van der Waals surface area contributed by atoms with Gasteiger partial charge < -0.3 is 15.4 Å². The van der Waals surface area contributed by atoms with Crippen LogP contribution in [-0.4, -0.2) is 30.4 Å². The van der Waals surface area contributed by atoms with Crippen LogP contribution in [0.3, 0.4) is 0 Å². The summed E-state index contributed by atoms with van der Waals surface area (Å²) in [7, 11) is 0. The van der Waals surface area contributed by atoms with Crippen LogP contribution in [0.2, 0.25) is 0 Å². The van der Waals surface area contributed by atoms with Crippen molar-refractivity contribution in [3.63, 3.8) is 0 Å². The van der Waals surface area contributed by atoms with Crippen molar-refractivity contribution in [3.05, 3.63) is 65.7 Å². The molecule has 2 aromatic rings. The zero-order valence-corrected chi connectivity index (χ0v) is 15.4. The molecule has 138 valence electrons. The Morgan fingerprint density at radius 2 is 1.77 bits per heavy atom. The first kappa shape index (κ1) is 18.5. The quantitative estimate of drug-likeness (QED) is 0.865. The van der Waals surface area contributed by atoms with E-state index in [0.29, 0.717) is 12.5 Å². The molecule has 4 heteroatoms. The number of para-hydroxylation sites is 1. The lowest BCUT2D eigenvalue weighted by molar-refractivity contribution is -0.140. The van der Waals surface area contributed by atoms with E-state index in [0.717, 1.165) is 49.2 Å². The van der Waals surface area contributed by atoms with E-state index in [-0.39, 0.29) is 5.91 Å². The second-order valence-corrected chi connectivity index (χ2v) is 6.87. The number of carbonyl (C=O) groups excluding carboxylic acids is 1. The maximum absolute atomic E-state index is 13.3. The van der Waals surface area contributed by atoms with Crippen LogP contribution in [0.5, 0.6) is 5.75 Å². The van der Waals surface area contributed by atoms with Gasteiger partial charge in [0, 0.05) is 18.7 Å². The van der Waals surface area contributed by atoms with Gasteiger partial charge in [-0.3, -0.25) is 4.79 Å². The van der Waals surface area contributed by atoms with Crippen molar-refractivity contribution >= 4 is 5.91 Å². The van der Waals surface area contributed by atoms with Gasteiger partial charge in [-0.2, -0.15) is 0 Å². The molecule has 1 unspecified atom stereocenters. The number of rotatable bonds is 6. The molecule has 0 saturated carbocycles. The number of likely N-dealkylation sites (tertiary alicyclic amines) is 1. The highest BCUT2D eigenvalue weighted by Crippen LogP contribution is 2.28. The molecule has 0 bridgehead atoms. The maximum atomic E-state index is 13.3. The molecule has 1 aliphatic heterocycles. The molecule has 2 N–H and O–H groups in total. The van der Waals surface area contributed by atoms with E-state index in [1.165, 1.54) is 0 Å². The fourth-order valence-electron chi connectivity index (χ4n) is 3.48. The normalized spacial score (nSPS) is 16.3. The largest absolute Gasteiger partial charge is 0.476 e. The molecule has 26 heavy (non-hydrogen) atoms. The van der Waals surface area contributed by atoms with Crippen LogP contribution < -0.4 is 10.5 Å². The highest BCUT2D eigenvalue weighted by Gasteiger charge is 2.30. The summed E-state index contributed by atoms with van der Waals surface area (Å²) in [5.74, 6) is 1.35. The van der Waals surface area contributed by atoms with Gasteiger partial charge in [-0.25, -0.2) is 0 Å². The molecule has 4 nitrogen and oxygen atoms in total. The van der Waals surface area contributed by atoms with E-state index >= 15 is 0 Å². The summed E-state index contributed by atoms with van der Waals surface area (Å²) in [5.41, 5.74) is 7.79. The van der Waals surface area contributed by atoms with Crippen molar-refractivity contribution < 1.29 is 9.53 Å². The molecule has 1 saturated heterocycles. The standard InChI is InChI=1S/C22H28N2O2/c1-2-18-8-6-7-11-20(18)26-21(19-9-4-3-5-10-19)22(25)24-14-12-17(16-23)13-15-24/h3-11,17,21H,2,12-16,23H2,1H3. The lowest BCUT2D eigenvalue weighted by Gasteiger charge is -2.34. The maximum Gasteiger partial charge on any atom is 0.268 e. The number of amides is 1. The zero-order valence-electron chi connectivity index (χ0n) is 15.4. The molecule has 1 fully saturated rings. The highest BCUT2D eigenvalue weighted by atomic mass is 16.5. The minimum absolute atomic E-state index is 0.0394. The highest BCUT2D eigenvalue weighted by molar-refractivity contribution is 5.83. The van der Waals surface area contributed by atoms with E-state index in [2.05, 4.69) is 13.0 Å². The molecule has 0 aliphatic carbocycles. The van der Waals surface area contributed by atoms with Crippen LogP contribution in [0, 0.1) is 5.92 Å². The third kappa shape index (κ3) is 4.25. The van der Waals surface area contributed by atoms with E-state index in [1.807, 2.05) is 53.4 Å². The SMILES string of the molecule is CCc1ccccc1OC(C(=O)N1CCC(CN)CC1)c1ccccc1. The minimum Gasteiger partial charge on any atom is -0.476 e. The van der Waals surface area contributed by atoms with Crippen molar-refractivity contribution in [1.82, 2.24) is 4.90 Å². The first-order valence-electron chi connectivity index (χ1n) is 9.51. The summed E-state index contributed by atoms with van der Waals surface area (Å²) < 4.78 is 6.27. The van der Waals surface area contributed by atoms with Crippen LogP contribution in [0.25, 0.3) is 0 Å². The van der Waals surface area contributed by atoms with Gasteiger partial charge in [0.2, 0.25) is 6.10 Å². The topological polar surface area (TPSA) is 55.6 Å². The van der Waals surface area contributed by atoms with Crippen molar-refractivity contribution in [1.29, 1.82) is 0 Å². The smallest absolute Gasteiger partial charge is 0.268 e. The van der Waals surface area contributed by atoms with Crippen LogP contribution in [0.15, 0.2) is 54.6 Å². The van der Waals surface area contributed by atoms with Crippen molar-refractivity contribution in [2.45, 2.75) is 32.3 Å². The van der Waals surface area contributed by atoms with Crippen molar-refractivity contribution in [3.8, 4) is 5.75 Å². The third-order valence-corrected chi connectivity index (χ3v) is 5.18. The average Bonchev–Trinajstić information content (AvgIpc) is 2.72. The summed E-state index contributed by atoms with van der Waals surface area (Å²) in [5, 5.41) is 0. The monoisotopic (exact) mass is 352 g/mol. The van der Waals surface area contributed by atoms with Crippen LogP contribution >= 0.6 is 0 Å². The van der Waals surface area contributed by atoms with E-state index in [9.17, 15) is 4.79 Å². The van der Waals surface area contributed by atoms with Gasteiger partial charge in [-0.05, 0) is 43.4 Å². The van der Waals surface area contributed by atoms with Gasteiger partial charge in [0.1, 0.15) is 5.75 Å². The number of aryl methyl sites for hydroxylation is 1.